The van der Waals surface area contributed by atoms with E-state index in [1.165, 1.54) is 12.1 Å². The largest absolute Gasteiger partial charge is 0.324 e. The molecule has 1 unspecified atom stereocenters. The molecule has 0 bridgehead atoms. The second kappa shape index (κ2) is 4.46. The molecular formula is C10H12F3N. The van der Waals surface area contributed by atoms with E-state index in [0.717, 1.165) is 6.07 Å². The van der Waals surface area contributed by atoms with Crippen LogP contribution in [0.5, 0.6) is 0 Å². The van der Waals surface area contributed by atoms with Crippen LogP contribution in [0.2, 0.25) is 0 Å². The molecule has 2 N–H and O–H groups in total. The third-order valence-corrected chi connectivity index (χ3v) is 2.13. The summed E-state index contributed by atoms with van der Waals surface area (Å²) < 4.78 is 38.0. The summed E-state index contributed by atoms with van der Waals surface area (Å²) in [6.45, 7) is 1.78. The summed E-state index contributed by atoms with van der Waals surface area (Å²) in [6.07, 6.45) is -2.28. The number of benzene rings is 1. The van der Waals surface area contributed by atoms with Crippen molar-refractivity contribution in [2.24, 2.45) is 5.73 Å². The van der Waals surface area contributed by atoms with Gasteiger partial charge in [-0.15, -0.1) is 0 Å². The molecule has 0 aliphatic carbocycles. The lowest BCUT2D eigenvalue weighted by Gasteiger charge is -2.12. The molecule has 0 spiro atoms. The van der Waals surface area contributed by atoms with Crippen molar-refractivity contribution in [2.75, 3.05) is 0 Å². The van der Waals surface area contributed by atoms with Crippen molar-refractivity contribution in [1.82, 2.24) is 0 Å². The Bertz CT molecular complexity index is 312. The Morgan fingerprint density at radius 1 is 1.29 bits per heavy atom. The normalized spacial score (nSPS) is 13.3. The summed E-state index contributed by atoms with van der Waals surface area (Å²) in [6, 6.07) is 3.39. The van der Waals surface area contributed by atoms with Gasteiger partial charge in [0.1, 0.15) is 5.82 Å². The van der Waals surface area contributed by atoms with E-state index < -0.39 is 23.8 Å². The van der Waals surface area contributed by atoms with Crippen LogP contribution >= 0.6 is 0 Å². The molecule has 1 aromatic carbocycles. The van der Waals surface area contributed by atoms with Crippen LogP contribution in [-0.4, -0.2) is 0 Å². The van der Waals surface area contributed by atoms with E-state index in [1.807, 2.05) is 0 Å². The molecule has 4 heteroatoms. The zero-order valence-electron chi connectivity index (χ0n) is 7.81. The smallest absolute Gasteiger partial charge is 0.266 e. The van der Waals surface area contributed by atoms with Crippen LogP contribution in [-0.2, 0) is 0 Å². The molecule has 0 aliphatic rings. The minimum atomic E-state index is -2.79. The molecule has 0 fully saturated rings. The fourth-order valence-electron chi connectivity index (χ4n) is 1.24. The Morgan fingerprint density at radius 3 is 2.36 bits per heavy atom. The van der Waals surface area contributed by atoms with Gasteiger partial charge in [-0.25, -0.2) is 13.2 Å². The minimum absolute atomic E-state index is 0.158. The first-order valence-electron chi connectivity index (χ1n) is 4.40. The minimum Gasteiger partial charge on any atom is -0.324 e. The van der Waals surface area contributed by atoms with E-state index in [-0.39, 0.29) is 5.56 Å². The van der Waals surface area contributed by atoms with Gasteiger partial charge in [-0.1, -0.05) is 25.1 Å². The molecule has 0 saturated carbocycles. The van der Waals surface area contributed by atoms with Crippen LogP contribution in [0.4, 0.5) is 13.2 Å². The van der Waals surface area contributed by atoms with Crippen molar-refractivity contribution < 1.29 is 13.2 Å². The predicted octanol–water partition coefficient (Wildman–Crippen LogP) is 3.17. The average Bonchev–Trinajstić information content (AvgIpc) is 2.16. The molecule has 1 aromatic rings. The molecule has 1 rings (SSSR count). The summed E-state index contributed by atoms with van der Waals surface area (Å²) in [7, 11) is 0. The van der Waals surface area contributed by atoms with Gasteiger partial charge in [0.05, 0.1) is 5.56 Å². The lowest BCUT2D eigenvalue weighted by Crippen LogP contribution is -2.12. The quantitative estimate of drug-likeness (QED) is 0.802. The second-order valence-electron chi connectivity index (χ2n) is 3.07. The standard InChI is InChI=1S/C10H12F3N/c1-2-8(14)6-4-3-5-7(9(6)11)10(12)13/h3-5,8,10H,2,14H2,1H3. The first-order chi connectivity index (χ1) is 6.57. The monoisotopic (exact) mass is 203 g/mol. The van der Waals surface area contributed by atoms with E-state index in [4.69, 9.17) is 5.73 Å². The Labute approximate surface area is 80.7 Å². The number of alkyl halides is 2. The number of rotatable bonds is 3. The highest BCUT2D eigenvalue weighted by atomic mass is 19.3. The Hall–Kier alpha value is -1.03. The number of hydrogen-bond acceptors (Lipinski definition) is 1. The lowest BCUT2D eigenvalue weighted by atomic mass is 10.0. The molecule has 0 saturated heterocycles. The fraction of sp³-hybridized carbons (Fsp3) is 0.400. The summed E-state index contributed by atoms with van der Waals surface area (Å²) in [4.78, 5) is 0. The van der Waals surface area contributed by atoms with Crippen LogP contribution in [0.25, 0.3) is 0 Å². The lowest BCUT2D eigenvalue weighted by molar-refractivity contribution is 0.146. The molecule has 0 aromatic heterocycles. The second-order valence-corrected chi connectivity index (χ2v) is 3.07. The highest BCUT2D eigenvalue weighted by Gasteiger charge is 2.18. The number of hydrogen-bond donors (Lipinski definition) is 1. The highest BCUT2D eigenvalue weighted by Crippen LogP contribution is 2.27. The molecule has 0 heterocycles. The van der Waals surface area contributed by atoms with E-state index in [2.05, 4.69) is 0 Å². The van der Waals surface area contributed by atoms with Gasteiger partial charge in [-0.2, -0.15) is 0 Å². The van der Waals surface area contributed by atoms with Crippen molar-refractivity contribution in [2.45, 2.75) is 25.8 Å². The van der Waals surface area contributed by atoms with Crippen LogP contribution in [0.15, 0.2) is 18.2 Å². The Kier molecular flexibility index (Phi) is 3.52. The van der Waals surface area contributed by atoms with Gasteiger partial charge in [-0.3, -0.25) is 0 Å². The van der Waals surface area contributed by atoms with Gasteiger partial charge in [0.15, 0.2) is 0 Å². The summed E-state index contributed by atoms with van der Waals surface area (Å²) in [5.74, 6) is -0.878. The van der Waals surface area contributed by atoms with Gasteiger partial charge in [0, 0.05) is 11.6 Å². The molecule has 78 valence electrons. The first-order valence-corrected chi connectivity index (χ1v) is 4.40. The summed E-state index contributed by atoms with van der Waals surface area (Å²) >= 11 is 0. The van der Waals surface area contributed by atoms with Crippen LogP contribution in [0.3, 0.4) is 0 Å². The van der Waals surface area contributed by atoms with E-state index >= 15 is 0 Å². The highest BCUT2D eigenvalue weighted by molar-refractivity contribution is 5.28. The molecule has 0 aliphatic heterocycles. The van der Waals surface area contributed by atoms with Crippen molar-refractivity contribution >= 4 is 0 Å². The summed E-state index contributed by atoms with van der Waals surface area (Å²) in [5, 5.41) is 0. The summed E-state index contributed by atoms with van der Waals surface area (Å²) in [5.41, 5.74) is 5.16. The van der Waals surface area contributed by atoms with Crippen molar-refractivity contribution in [1.29, 1.82) is 0 Å². The average molecular weight is 203 g/mol. The van der Waals surface area contributed by atoms with E-state index in [0.29, 0.717) is 6.42 Å². The van der Waals surface area contributed by atoms with Crippen LogP contribution in [0.1, 0.15) is 36.9 Å². The maximum Gasteiger partial charge on any atom is 0.266 e. The first kappa shape index (κ1) is 11.0. The van der Waals surface area contributed by atoms with Crippen molar-refractivity contribution in [3.8, 4) is 0 Å². The van der Waals surface area contributed by atoms with Crippen molar-refractivity contribution in [3.63, 3.8) is 0 Å². The predicted molar refractivity (Wildman–Crippen MR) is 48.6 cm³/mol. The van der Waals surface area contributed by atoms with Gasteiger partial charge in [0.25, 0.3) is 6.43 Å². The molecule has 0 amide bonds. The molecule has 1 nitrogen and oxygen atoms in total. The zero-order valence-corrected chi connectivity index (χ0v) is 7.81. The van der Waals surface area contributed by atoms with E-state index in [1.54, 1.807) is 6.92 Å². The van der Waals surface area contributed by atoms with E-state index in [9.17, 15) is 13.2 Å². The van der Waals surface area contributed by atoms with Gasteiger partial charge >= 0.3 is 0 Å². The van der Waals surface area contributed by atoms with Crippen molar-refractivity contribution in [3.05, 3.63) is 35.1 Å². The van der Waals surface area contributed by atoms with Gasteiger partial charge in [0.2, 0.25) is 0 Å². The maximum absolute atomic E-state index is 13.4. The number of nitrogens with two attached hydrogens (primary N) is 1. The maximum atomic E-state index is 13.4. The fourth-order valence-corrected chi connectivity index (χ4v) is 1.24. The van der Waals surface area contributed by atoms with Crippen LogP contribution in [0, 0.1) is 5.82 Å². The third-order valence-electron chi connectivity index (χ3n) is 2.13. The molecule has 14 heavy (non-hydrogen) atoms. The Morgan fingerprint density at radius 2 is 1.86 bits per heavy atom. The van der Waals surface area contributed by atoms with Gasteiger partial charge in [-0.05, 0) is 6.42 Å². The van der Waals surface area contributed by atoms with Crippen LogP contribution < -0.4 is 5.73 Å². The van der Waals surface area contributed by atoms with Gasteiger partial charge < -0.3 is 5.73 Å². The molecule has 0 radical (unpaired) electrons. The zero-order chi connectivity index (χ0) is 10.7. The third kappa shape index (κ3) is 2.07. The number of halogens is 3. The Balaban J connectivity index is 3.13. The molecular weight excluding hydrogens is 191 g/mol. The molecule has 1 atom stereocenters. The topological polar surface area (TPSA) is 26.0 Å². The SMILES string of the molecule is CCC(N)c1cccc(C(F)F)c1F.